The highest BCUT2D eigenvalue weighted by atomic mass is 32.1. The number of thiophene rings is 1. The lowest BCUT2D eigenvalue weighted by molar-refractivity contribution is 0.373. The van der Waals surface area contributed by atoms with Gasteiger partial charge in [-0.25, -0.2) is 9.97 Å². The van der Waals surface area contributed by atoms with Crippen LogP contribution in [0.5, 0.6) is 0 Å². The Morgan fingerprint density at radius 2 is 2.11 bits per heavy atom. The molecule has 2 unspecified atom stereocenters. The van der Waals surface area contributed by atoms with Crippen molar-refractivity contribution in [2.45, 2.75) is 44.7 Å². The van der Waals surface area contributed by atoms with E-state index in [1.54, 1.807) is 17.7 Å². The summed E-state index contributed by atoms with van der Waals surface area (Å²) in [6.45, 7) is 2.10. The van der Waals surface area contributed by atoms with Gasteiger partial charge in [0.15, 0.2) is 0 Å². The largest absolute Gasteiger partial charge is 0.354 e. The summed E-state index contributed by atoms with van der Waals surface area (Å²) in [4.78, 5) is 11.2. The third-order valence-electron chi connectivity index (χ3n) is 4.13. The van der Waals surface area contributed by atoms with Crippen LogP contribution in [0.25, 0.3) is 10.2 Å². The molecule has 0 amide bonds. The number of nitrogens with zero attached hydrogens (tertiary/aromatic N) is 3. The Bertz CT molecular complexity index is 580. The van der Waals surface area contributed by atoms with E-state index in [0.29, 0.717) is 6.04 Å². The highest BCUT2D eigenvalue weighted by Gasteiger charge is 2.27. The molecule has 0 aliphatic heterocycles. The van der Waals surface area contributed by atoms with Gasteiger partial charge < -0.3 is 10.6 Å². The Morgan fingerprint density at radius 3 is 2.89 bits per heavy atom. The van der Waals surface area contributed by atoms with Crippen LogP contribution in [0.2, 0.25) is 0 Å². The zero-order valence-corrected chi connectivity index (χ0v) is 12.3. The van der Waals surface area contributed by atoms with Gasteiger partial charge in [0.2, 0.25) is 0 Å². The van der Waals surface area contributed by atoms with E-state index in [4.69, 9.17) is 5.73 Å². The highest BCUT2D eigenvalue weighted by molar-refractivity contribution is 7.18. The van der Waals surface area contributed by atoms with Crippen molar-refractivity contribution in [2.75, 3.05) is 11.9 Å². The molecule has 1 aliphatic rings. The topological polar surface area (TPSA) is 55.0 Å². The van der Waals surface area contributed by atoms with Crippen molar-refractivity contribution >= 4 is 27.4 Å². The minimum absolute atomic E-state index is 0.254. The first-order valence-corrected chi connectivity index (χ1v) is 7.73. The fraction of sp³-hybridized carbons (Fsp3) is 0.571. The van der Waals surface area contributed by atoms with Crippen LogP contribution in [-0.4, -0.2) is 29.1 Å². The van der Waals surface area contributed by atoms with Gasteiger partial charge in [0, 0.05) is 19.1 Å². The lowest BCUT2D eigenvalue weighted by atomic mass is 9.90. The molecular formula is C14H20N4S. The number of hydrogen-bond donors (Lipinski definition) is 1. The maximum absolute atomic E-state index is 6.28. The zero-order valence-electron chi connectivity index (χ0n) is 11.5. The second-order valence-corrected chi connectivity index (χ2v) is 6.30. The van der Waals surface area contributed by atoms with E-state index in [1.807, 2.05) is 0 Å². The molecule has 4 nitrogen and oxygen atoms in total. The lowest BCUT2D eigenvalue weighted by Crippen LogP contribution is -2.48. The van der Waals surface area contributed by atoms with Gasteiger partial charge in [-0.05, 0) is 30.7 Å². The van der Waals surface area contributed by atoms with E-state index < -0.39 is 0 Å². The Balaban J connectivity index is 1.99. The average molecular weight is 276 g/mol. The summed E-state index contributed by atoms with van der Waals surface area (Å²) in [5.41, 5.74) is 8.59. The fourth-order valence-electron chi connectivity index (χ4n) is 2.99. The van der Waals surface area contributed by atoms with Crippen LogP contribution < -0.4 is 10.6 Å². The quantitative estimate of drug-likeness (QED) is 0.916. The van der Waals surface area contributed by atoms with Crippen LogP contribution in [0.4, 0.5) is 5.82 Å². The highest BCUT2D eigenvalue weighted by Crippen LogP contribution is 2.33. The molecule has 2 N–H and O–H groups in total. The van der Waals surface area contributed by atoms with E-state index in [1.165, 1.54) is 23.1 Å². The van der Waals surface area contributed by atoms with Crippen LogP contribution in [0.15, 0.2) is 11.7 Å². The molecule has 102 valence electrons. The van der Waals surface area contributed by atoms with E-state index in [9.17, 15) is 0 Å². The predicted molar refractivity (Wildman–Crippen MR) is 80.8 cm³/mol. The summed E-state index contributed by atoms with van der Waals surface area (Å²) in [6, 6.07) is 0.652. The van der Waals surface area contributed by atoms with E-state index >= 15 is 0 Å². The molecular weight excluding hydrogens is 256 g/mol. The van der Waals surface area contributed by atoms with Gasteiger partial charge in [-0.1, -0.05) is 12.8 Å². The standard InChI is InChI=1S/C14H20N4S/c1-9-7-19-13-12(9)16-8-17-14(13)18(2)11-6-4-3-5-10(11)15/h7-8,10-11H,3-6,15H2,1-2H3. The summed E-state index contributed by atoms with van der Waals surface area (Å²) in [5, 5.41) is 2.15. The van der Waals surface area contributed by atoms with Gasteiger partial charge in [0.25, 0.3) is 0 Å². The van der Waals surface area contributed by atoms with E-state index in [0.717, 1.165) is 24.2 Å². The van der Waals surface area contributed by atoms with Gasteiger partial charge in [0.05, 0.1) is 10.2 Å². The number of rotatable bonds is 2. The van der Waals surface area contributed by atoms with Crippen LogP contribution >= 0.6 is 11.3 Å². The summed E-state index contributed by atoms with van der Waals surface area (Å²) < 4.78 is 1.18. The molecule has 0 aromatic carbocycles. The van der Waals surface area contributed by atoms with Crippen molar-refractivity contribution < 1.29 is 0 Å². The maximum atomic E-state index is 6.28. The number of hydrogen-bond acceptors (Lipinski definition) is 5. The first kappa shape index (κ1) is 12.8. The van der Waals surface area contributed by atoms with Gasteiger partial charge in [-0.3, -0.25) is 0 Å². The fourth-order valence-corrected chi connectivity index (χ4v) is 4.02. The molecule has 1 aliphatic carbocycles. The van der Waals surface area contributed by atoms with E-state index in [-0.39, 0.29) is 6.04 Å². The number of aryl methyl sites for hydroxylation is 1. The molecule has 2 atom stereocenters. The van der Waals surface area contributed by atoms with Crippen molar-refractivity contribution in [2.24, 2.45) is 5.73 Å². The van der Waals surface area contributed by atoms with Crippen molar-refractivity contribution in [3.63, 3.8) is 0 Å². The van der Waals surface area contributed by atoms with Crippen molar-refractivity contribution in [3.05, 3.63) is 17.3 Å². The maximum Gasteiger partial charge on any atom is 0.150 e. The smallest absolute Gasteiger partial charge is 0.150 e. The molecule has 0 radical (unpaired) electrons. The molecule has 1 fully saturated rings. The zero-order chi connectivity index (χ0) is 13.4. The van der Waals surface area contributed by atoms with Crippen molar-refractivity contribution in [1.82, 2.24) is 9.97 Å². The van der Waals surface area contributed by atoms with Crippen LogP contribution in [0.3, 0.4) is 0 Å². The predicted octanol–water partition coefficient (Wildman–Crippen LogP) is 2.71. The molecule has 5 heteroatoms. The third-order valence-corrected chi connectivity index (χ3v) is 5.21. The molecule has 3 rings (SSSR count). The SMILES string of the molecule is Cc1csc2c(N(C)C3CCCCC3N)ncnc12. The number of anilines is 1. The second-order valence-electron chi connectivity index (χ2n) is 5.42. The first-order chi connectivity index (χ1) is 9.18. The number of aromatic nitrogens is 2. The van der Waals surface area contributed by atoms with Crippen molar-refractivity contribution in [1.29, 1.82) is 0 Å². The van der Waals surface area contributed by atoms with Crippen LogP contribution in [0, 0.1) is 6.92 Å². The summed E-state index contributed by atoms with van der Waals surface area (Å²) in [5.74, 6) is 1.03. The minimum Gasteiger partial charge on any atom is -0.354 e. The second kappa shape index (κ2) is 5.06. The molecule has 2 heterocycles. The molecule has 2 aromatic rings. The molecule has 0 bridgehead atoms. The molecule has 19 heavy (non-hydrogen) atoms. The van der Waals surface area contributed by atoms with Crippen LogP contribution in [0.1, 0.15) is 31.2 Å². The minimum atomic E-state index is 0.254. The van der Waals surface area contributed by atoms with Gasteiger partial charge in [0.1, 0.15) is 12.1 Å². The number of fused-ring (bicyclic) bond motifs is 1. The number of nitrogens with two attached hydrogens (primary N) is 1. The van der Waals surface area contributed by atoms with Crippen molar-refractivity contribution in [3.8, 4) is 0 Å². The third kappa shape index (κ3) is 2.21. The Morgan fingerprint density at radius 1 is 1.32 bits per heavy atom. The number of likely N-dealkylation sites (N-methyl/N-ethyl adjacent to an activating group) is 1. The molecule has 0 spiro atoms. The summed E-state index contributed by atoms with van der Waals surface area (Å²) in [6.07, 6.45) is 6.46. The van der Waals surface area contributed by atoms with E-state index in [2.05, 4.69) is 34.2 Å². The van der Waals surface area contributed by atoms with Gasteiger partial charge in [-0.2, -0.15) is 0 Å². The first-order valence-electron chi connectivity index (χ1n) is 6.85. The average Bonchev–Trinajstić information content (AvgIpc) is 2.80. The normalized spacial score (nSPS) is 23.7. The monoisotopic (exact) mass is 276 g/mol. The Hall–Kier alpha value is -1.20. The van der Waals surface area contributed by atoms with Gasteiger partial charge >= 0.3 is 0 Å². The summed E-state index contributed by atoms with van der Waals surface area (Å²) >= 11 is 1.73. The molecule has 2 aromatic heterocycles. The Labute approximate surface area is 117 Å². The Kier molecular flexibility index (Phi) is 3.41. The van der Waals surface area contributed by atoms with Gasteiger partial charge in [-0.15, -0.1) is 11.3 Å². The molecule has 0 saturated heterocycles. The van der Waals surface area contributed by atoms with Crippen LogP contribution in [-0.2, 0) is 0 Å². The summed E-state index contributed by atoms with van der Waals surface area (Å²) in [7, 11) is 2.12. The molecule has 1 saturated carbocycles. The lowest BCUT2D eigenvalue weighted by Gasteiger charge is -2.36.